The maximum Gasteiger partial charge on any atom is 0.124 e. The summed E-state index contributed by atoms with van der Waals surface area (Å²) in [4.78, 5) is 0. The summed E-state index contributed by atoms with van der Waals surface area (Å²) >= 11 is 0. The van der Waals surface area contributed by atoms with Crippen molar-refractivity contribution in [1.82, 2.24) is 0 Å². The van der Waals surface area contributed by atoms with Crippen LogP contribution in [0.25, 0.3) is 0 Å². The zero-order valence-electron chi connectivity index (χ0n) is 11.9. The fourth-order valence-electron chi connectivity index (χ4n) is 3.69. The molecule has 2 atom stereocenters. The largest absolute Gasteiger partial charge is 0.496 e. The van der Waals surface area contributed by atoms with Crippen molar-refractivity contribution >= 4 is 0 Å². The fourth-order valence-corrected chi connectivity index (χ4v) is 3.69. The molecule has 0 amide bonds. The lowest BCUT2D eigenvalue weighted by atomic mass is 9.82. The van der Waals surface area contributed by atoms with Crippen LogP contribution in [0.3, 0.4) is 0 Å². The Morgan fingerprint density at radius 2 is 1.68 bits per heavy atom. The molecular formula is C16H22O3. The lowest BCUT2D eigenvalue weighted by Crippen LogP contribution is -2.38. The Hall–Kier alpha value is -1.06. The van der Waals surface area contributed by atoms with Gasteiger partial charge in [-0.1, -0.05) is 0 Å². The van der Waals surface area contributed by atoms with Gasteiger partial charge in [0.1, 0.15) is 5.75 Å². The Morgan fingerprint density at radius 1 is 1.16 bits per heavy atom. The summed E-state index contributed by atoms with van der Waals surface area (Å²) < 4.78 is 11.2. The van der Waals surface area contributed by atoms with E-state index in [9.17, 15) is 5.11 Å². The highest BCUT2D eigenvalue weighted by atomic mass is 16.5. The summed E-state index contributed by atoms with van der Waals surface area (Å²) in [6.07, 6.45) is 4.06. The molecule has 3 rings (SSSR count). The number of rotatable bonds is 2. The minimum absolute atomic E-state index is 0.228. The molecule has 2 bridgehead atoms. The highest BCUT2D eigenvalue weighted by Crippen LogP contribution is 2.45. The highest BCUT2D eigenvalue weighted by molar-refractivity contribution is 5.45. The van der Waals surface area contributed by atoms with E-state index in [2.05, 4.69) is 12.1 Å². The van der Waals surface area contributed by atoms with E-state index in [1.807, 2.05) is 13.8 Å². The van der Waals surface area contributed by atoms with Crippen LogP contribution in [-0.2, 0) is 10.3 Å². The third-order valence-electron chi connectivity index (χ3n) is 4.53. The molecule has 19 heavy (non-hydrogen) atoms. The monoisotopic (exact) mass is 262 g/mol. The van der Waals surface area contributed by atoms with Gasteiger partial charge in [-0.2, -0.15) is 0 Å². The number of ether oxygens (including phenoxy) is 2. The normalized spacial score (nSPS) is 33.5. The van der Waals surface area contributed by atoms with Crippen molar-refractivity contribution in [3.8, 4) is 5.75 Å². The van der Waals surface area contributed by atoms with E-state index >= 15 is 0 Å². The SMILES string of the molecule is COc1c(C)cc(C2(O)CC3CCC(C2)O3)cc1C. The van der Waals surface area contributed by atoms with Crippen LogP contribution in [0.2, 0.25) is 0 Å². The lowest BCUT2D eigenvalue weighted by molar-refractivity contribution is -0.115. The van der Waals surface area contributed by atoms with Crippen LogP contribution >= 0.6 is 0 Å². The van der Waals surface area contributed by atoms with Crippen molar-refractivity contribution < 1.29 is 14.6 Å². The van der Waals surface area contributed by atoms with Crippen molar-refractivity contribution in [2.75, 3.05) is 7.11 Å². The van der Waals surface area contributed by atoms with E-state index in [0.29, 0.717) is 12.8 Å². The van der Waals surface area contributed by atoms with Gasteiger partial charge in [0.15, 0.2) is 0 Å². The number of aryl methyl sites for hydroxylation is 2. The van der Waals surface area contributed by atoms with Crippen LogP contribution in [0.4, 0.5) is 0 Å². The Morgan fingerprint density at radius 3 is 2.16 bits per heavy atom. The first-order valence-electron chi connectivity index (χ1n) is 7.05. The quantitative estimate of drug-likeness (QED) is 0.890. The molecule has 2 fully saturated rings. The number of aliphatic hydroxyl groups is 1. The first-order chi connectivity index (χ1) is 9.01. The van der Waals surface area contributed by atoms with E-state index in [1.54, 1.807) is 7.11 Å². The Balaban J connectivity index is 1.97. The van der Waals surface area contributed by atoms with E-state index in [1.165, 1.54) is 0 Å². The summed E-state index contributed by atoms with van der Waals surface area (Å²) in [5, 5.41) is 11.0. The predicted molar refractivity (Wildman–Crippen MR) is 73.5 cm³/mol. The van der Waals surface area contributed by atoms with Crippen molar-refractivity contribution in [2.45, 2.75) is 57.3 Å². The zero-order valence-corrected chi connectivity index (χ0v) is 11.9. The van der Waals surface area contributed by atoms with Crippen LogP contribution < -0.4 is 4.74 Å². The lowest BCUT2D eigenvalue weighted by Gasteiger charge is -2.37. The van der Waals surface area contributed by atoms with Gasteiger partial charge in [-0.15, -0.1) is 0 Å². The third-order valence-corrected chi connectivity index (χ3v) is 4.53. The minimum atomic E-state index is -0.730. The van der Waals surface area contributed by atoms with Gasteiger partial charge in [0.2, 0.25) is 0 Å². The molecule has 0 spiro atoms. The molecule has 2 saturated heterocycles. The smallest absolute Gasteiger partial charge is 0.124 e. The van der Waals surface area contributed by atoms with Gasteiger partial charge in [-0.3, -0.25) is 0 Å². The van der Waals surface area contributed by atoms with Gasteiger partial charge >= 0.3 is 0 Å². The van der Waals surface area contributed by atoms with Crippen LogP contribution in [-0.4, -0.2) is 24.4 Å². The molecule has 2 unspecified atom stereocenters. The maximum absolute atomic E-state index is 11.0. The van der Waals surface area contributed by atoms with Crippen molar-refractivity contribution in [2.24, 2.45) is 0 Å². The molecule has 3 heteroatoms. The van der Waals surface area contributed by atoms with E-state index in [4.69, 9.17) is 9.47 Å². The topological polar surface area (TPSA) is 38.7 Å². The Bertz CT molecular complexity index is 460. The van der Waals surface area contributed by atoms with Crippen molar-refractivity contribution in [3.05, 3.63) is 28.8 Å². The number of fused-ring (bicyclic) bond motifs is 2. The van der Waals surface area contributed by atoms with Gasteiger partial charge in [-0.25, -0.2) is 0 Å². The molecule has 0 aliphatic carbocycles. The molecule has 1 N–H and O–H groups in total. The number of benzene rings is 1. The van der Waals surface area contributed by atoms with E-state index in [-0.39, 0.29) is 12.2 Å². The molecular weight excluding hydrogens is 240 g/mol. The molecule has 0 saturated carbocycles. The molecule has 1 aromatic rings. The van der Waals surface area contributed by atoms with Crippen molar-refractivity contribution in [3.63, 3.8) is 0 Å². The number of methoxy groups -OCH3 is 1. The average Bonchev–Trinajstić information content (AvgIpc) is 2.69. The summed E-state index contributed by atoms with van der Waals surface area (Å²) in [5.41, 5.74) is 2.46. The second-order valence-electron chi connectivity index (χ2n) is 6.04. The maximum atomic E-state index is 11.0. The average molecular weight is 262 g/mol. The fraction of sp³-hybridized carbons (Fsp3) is 0.625. The molecule has 2 aliphatic heterocycles. The van der Waals surface area contributed by atoms with Gasteiger partial charge in [0.25, 0.3) is 0 Å². The molecule has 0 aromatic heterocycles. The molecule has 1 aromatic carbocycles. The van der Waals surface area contributed by atoms with Crippen LogP contribution in [0.1, 0.15) is 42.4 Å². The zero-order chi connectivity index (χ0) is 13.6. The van der Waals surface area contributed by atoms with Crippen molar-refractivity contribution in [1.29, 1.82) is 0 Å². The Labute approximate surface area is 114 Å². The standard InChI is InChI=1S/C16H22O3/c1-10-6-12(7-11(2)15(10)18-3)16(17)8-13-4-5-14(9-16)19-13/h6-7,13-14,17H,4-5,8-9H2,1-3H3. The first-order valence-corrected chi connectivity index (χ1v) is 7.05. The number of hydrogen-bond acceptors (Lipinski definition) is 3. The van der Waals surface area contributed by atoms with Gasteiger partial charge < -0.3 is 14.6 Å². The van der Waals surface area contributed by atoms with Crippen LogP contribution in [0.15, 0.2) is 12.1 Å². The van der Waals surface area contributed by atoms with Gasteiger partial charge in [-0.05, 0) is 55.5 Å². The van der Waals surface area contributed by atoms with Gasteiger partial charge in [0, 0.05) is 12.8 Å². The van der Waals surface area contributed by atoms with E-state index < -0.39 is 5.60 Å². The van der Waals surface area contributed by atoms with Crippen LogP contribution in [0.5, 0.6) is 5.75 Å². The number of hydrogen-bond donors (Lipinski definition) is 1. The van der Waals surface area contributed by atoms with E-state index in [0.717, 1.165) is 35.3 Å². The molecule has 3 nitrogen and oxygen atoms in total. The first kappa shape index (κ1) is 12.9. The minimum Gasteiger partial charge on any atom is -0.496 e. The molecule has 0 radical (unpaired) electrons. The summed E-state index contributed by atoms with van der Waals surface area (Å²) in [7, 11) is 1.69. The third kappa shape index (κ3) is 2.15. The van der Waals surface area contributed by atoms with Crippen LogP contribution in [0, 0.1) is 13.8 Å². The molecule has 2 aliphatic rings. The molecule has 104 valence electrons. The molecule has 2 heterocycles. The highest BCUT2D eigenvalue weighted by Gasteiger charge is 2.44. The summed E-state index contributed by atoms with van der Waals surface area (Å²) in [5.74, 6) is 0.919. The second-order valence-corrected chi connectivity index (χ2v) is 6.04. The summed E-state index contributed by atoms with van der Waals surface area (Å²) in [6.45, 7) is 4.07. The second kappa shape index (κ2) is 4.50. The predicted octanol–water partition coefficient (Wildman–Crippen LogP) is 2.84. The Kier molecular flexibility index (Phi) is 3.06. The summed E-state index contributed by atoms with van der Waals surface area (Å²) in [6, 6.07) is 4.13. The van der Waals surface area contributed by atoms with Gasteiger partial charge in [0.05, 0.1) is 24.9 Å².